The van der Waals surface area contributed by atoms with Crippen molar-refractivity contribution < 1.29 is 8.81 Å². The molecule has 2 heterocycles. The number of fused-ring (bicyclic) bond motifs is 1. The molecule has 1 aliphatic rings. The highest BCUT2D eigenvalue weighted by Crippen LogP contribution is 2.25. The van der Waals surface area contributed by atoms with Crippen LogP contribution in [0.15, 0.2) is 22.6 Å². The van der Waals surface area contributed by atoms with Crippen LogP contribution in [-0.4, -0.2) is 30.2 Å². The molecule has 0 saturated carbocycles. The fourth-order valence-corrected chi connectivity index (χ4v) is 2.30. The van der Waals surface area contributed by atoms with Gasteiger partial charge >= 0.3 is 0 Å². The first-order chi connectivity index (χ1) is 8.63. The maximum absolute atomic E-state index is 13.1. The SMILES string of the molecule is C[C@@H]1CN(c2nc3ccc(F)cc3o2)[C@@H](C)CN1. The summed E-state index contributed by atoms with van der Waals surface area (Å²) in [6, 6.07) is 5.72. The molecule has 0 aliphatic carbocycles. The summed E-state index contributed by atoms with van der Waals surface area (Å²) in [5.41, 5.74) is 1.20. The minimum atomic E-state index is -0.299. The highest BCUT2D eigenvalue weighted by Gasteiger charge is 2.26. The second-order valence-corrected chi connectivity index (χ2v) is 4.92. The average Bonchev–Trinajstić information content (AvgIpc) is 2.74. The van der Waals surface area contributed by atoms with Crippen LogP contribution in [0.4, 0.5) is 10.4 Å². The zero-order chi connectivity index (χ0) is 12.7. The van der Waals surface area contributed by atoms with E-state index in [-0.39, 0.29) is 5.82 Å². The fraction of sp³-hybridized carbons (Fsp3) is 0.462. The number of aromatic nitrogens is 1. The number of anilines is 1. The molecule has 1 saturated heterocycles. The maximum Gasteiger partial charge on any atom is 0.298 e. The summed E-state index contributed by atoms with van der Waals surface area (Å²) < 4.78 is 18.8. The third kappa shape index (κ3) is 1.95. The summed E-state index contributed by atoms with van der Waals surface area (Å²) in [6.07, 6.45) is 0. The van der Waals surface area contributed by atoms with Gasteiger partial charge in [0.25, 0.3) is 6.01 Å². The van der Waals surface area contributed by atoms with Gasteiger partial charge in [-0.3, -0.25) is 0 Å². The predicted octanol–water partition coefficient (Wildman–Crippen LogP) is 2.15. The van der Waals surface area contributed by atoms with Crippen LogP contribution in [0.5, 0.6) is 0 Å². The zero-order valence-electron chi connectivity index (χ0n) is 10.5. The predicted molar refractivity (Wildman–Crippen MR) is 68.2 cm³/mol. The van der Waals surface area contributed by atoms with E-state index in [2.05, 4.69) is 29.0 Å². The van der Waals surface area contributed by atoms with Gasteiger partial charge in [0.15, 0.2) is 5.58 Å². The number of piperazine rings is 1. The van der Waals surface area contributed by atoms with Crippen molar-refractivity contribution in [1.29, 1.82) is 0 Å². The van der Waals surface area contributed by atoms with Gasteiger partial charge in [-0.25, -0.2) is 4.39 Å². The van der Waals surface area contributed by atoms with Crippen molar-refractivity contribution in [2.24, 2.45) is 0 Å². The number of oxazole rings is 1. The Morgan fingerprint density at radius 2 is 2.28 bits per heavy atom. The maximum atomic E-state index is 13.1. The monoisotopic (exact) mass is 249 g/mol. The molecular formula is C13H16FN3O. The summed E-state index contributed by atoms with van der Waals surface area (Å²) in [4.78, 5) is 6.55. The van der Waals surface area contributed by atoms with Crippen molar-refractivity contribution in [3.63, 3.8) is 0 Å². The van der Waals surface area contributed by atoms with E-state index in [1.165, 1.54) is 12.1 Å². The van der Waals surface area contributed by atoms with Crippen molar-refractivity contribution in [2.75, 3.05) is 18.0 Å². The summed E-state index contributed by atoms with van der Waals surface area (Å²) >= 11 is 0. The van der Waals surface area contributed by atoms with E-state index in [1.54, 1.807) is 6.07 Å². The Morgan fingerprint density at radius 1 is 1.44 bits per heavy atom. The van der Waals surface area contributed by atoms with Crippen LogP contribution >= 0.6 is 0 Å². The van der Waals surface area contributed by atoms with Gasteiger partial charge < -0.3 is 14.6 Å². The number of nitrogens with zero attached hydrogens (tertiary/aromatic N) is 2. The van der Waals surface area contributed by atoms with E-state index in [1.807, 2.05) is 0 Å². The fourth-order valence-electron chi connectivity index (χ4n) is 2.30. The molecule has 1 aliphatic heterocycles. The Hall–Kier alpha value is -1.62. The highest BCUT2D eigenvalue weighted by molar-refractivity contribution is 5.74. The lowest BCUT2D eigenvalue weighted by molar-refractivity contribution is 0.399. The van der Waals surface area contributed by atoms with Crippen LogP contribution in [0.25, 0.3) is 11.1 Å². The Kier molecular flexibility index (Phi) is 2.70. The lowest BCUT2D eigenvalue weighted by atomic mass is 10.1. The second-order valence-electron chi connectivity index (χ2n) is 4.92. The molecule has 0 bridgehead atoms. The summed E-state index contributed by atoms with van der Waals surface area (Å²) in [5, 5.41) is 3.40. The number of nitrogens with one attached hydrogen (secondary N) is 1. The quantitative estimate of drug-likeness (QED) is 0.841. The zero-order valence-corrected chi connectivity index (χ0v) is 10.5. The van der Waals surface area contributed by atoms with Gasteiger partial charge in [0.1, 0.15) is 11.3 Å². The molecule has 1 N–H and O–H groups in total. The third-order valence-electron chi connectivity index (χ3n) is 3.35. The molecule has 2 atom stereocenters. The van der Waals surface area contributed by atoms with Gasteiger partial charge in [-0.1, -0.05) is 0 Å². The van der Waals surface area contributed by atoms with Crippen LogP contribution in [0.3, 0.4) is 0 Å². The first-order valence-corrected chi connectivity index (χ1v) is 6.19. The van der Waals surface area contributed by atoms with Crippen molar-refractivity contribution in [2.45, 2.75) is 25.9 Å². The van der Waals surface area contributed by atoms with E-state index in [4.69, 9.17) is 4.42 Å². The van der Waals surface area contributed by atoms with Gasteiger partial charge in [-0.15, -0.1) is 0 Å². The van der Waals surface area contributed by atoms with Crippen LogP contribution in [-0.2, 0) is 0 Å². The average molecular weight is 249 g/mol. The summed E-state index contributed by atoms with van der Waals surface area (Å²) in [5.74, 6) is -0.299. The molecule has 0 amide bonds. The largest absolute Gasteiger partial charge is 0.423 e. The molecule has 0 radical (unpaired) electrons. The first kappa shape index (κ1) is 11.5. The van der Waals surface area contributed by atoms with Gasteiger partial charge in [-0.05, 0) is 26.0 Å². The molecule has 1 fully saturated rings. The Bertz CT molecular complexity index is 568. The standard InChI is InChI=1S/C13H16FN3O/c1-8-7-17(9(2)6-15-8)13-16-11-4-3-10(14)5-12(11)18-13/h3-5,8-9,15H,6-7H2,1-2H3/t8-,9+/m1/s1. The van der Waals surface area contributed by atoms with Crippen molar-refractivity contribution in [3.05, 3.63) is 24.0 Å². The molecule has 5 heteroatoms. The summed E-state index contributed by atoms with van der Waals surface area (Å²) in [7, 11) is 0. The molecule has 3 rings (SSSR count). The highest BCUT2D eigenvalue weighted by atomic mass is 19.1. The molecule has 1 aromatic carbocycles. The molecule has 0 unspecified atom stereocenters. The van der Waals surface area contributed by atoms with Gasteiger partial charge in [0, 0.05) is 31.2 Å². The second kappa shape index (κ2) is 4.24. The Morgan fingerprint density at radius 3 is 3.11 bits per heavy atom. The van der Waals surface area contributed by atoms with Gasteiger partial charge in [0.2, 0.25) is 0 Å². The molecule has 4 nitrogen and oxygen atoms in total. The smallest absolute Gasteiger partial charge is 0.298 e. The number of benzene rings is 1. The van der Waals surface area contributed by atoms with E-state index < -0.39 is 0 Å². The third-order valence-corrected chi connectivity index (χ3v) is 3.35. The van der Waals surface area contributed by atoms with Gasteiger partial charge in [-0.2, -0.15) is 4.98 Å². The van der Waals surface area contributed by atoms with Crippen molar-refractivity contribution in [1.82, 2.24) is 10.3 Å². The molecule has 1 aromatic heterocycles. The first-order valence-electron chi connectivity index (χ1n) is 6.19. The van der Waals surface area contributed by atoms with Crippen LogP contribution < -0.4 is 10.2 Å². The van der Waals surface area contributed by atoms with E-state index in [0.717, 1.165) is 13.1 Å². The number of halogens is 1. The van der Waals surface area contributed by atoms with Crippen molar-refractivity contribution >= 4 is 17.1 Å². The van der Waals surface area contributed by atoms with E-state index >= 15 is 0 Å². The van der Waals surface area contributed by atoms with Crippen LogP contribution in [0, 0.1) is 5.82 Å². The molecular weight excluding hydrogens is 233 g/mol. The van der Waals surface area contributed by atoms with E-state index in [0.29, 0.717) is 29.2 Å². The minimum absolute atomic E-state index is 0.299. The Balaban J connectivity index is 1.97. The topological polar surface area (TPSA) is 41.3 Å². The van der Waals surface area contributed by atoms with Crippen LogP contribution in [0.1, 0.15) is 13.8 Å². The lowest BCUT2D eigenvalue weighted by Gasteiger charge is -2.36. The Labute approximate surface area is 105 Å². The molecule has 2 aromatic rings. The van der Waals surface area contributed by atoms with Gasteiger partial charge in [0.05, 0.1) is 0 Å². The van der Waals surface area contributed by atoms with Crippen molar-refractivity contribution in [3.8, 4) is 0 Å². The number of hydrogen-bond donors (Lipinski definition) is 1. The summed E-state index contributed by atoms with van der Waals surface area (Å²) in [6.45, 7) is 5.99. The number of rotatable bonds is 1. The normalized spacial score (nSPS) is 24.7. The molecule has 0 spiro atoms. The molecule has 96 valence electrons. The minimum Gasteiger partial charge on any atom is -0.423 e. The van der Waals surface area contributed by atoms with E-state index in [9.17, 15) is 4.39 Å². The molecule has 18 heavy (non-hydrogen) atoms. The van der Waals surface area contributed by atoms with Crippen LogP contribution in [0.2, 0.25) is 0 Å². The number of hydrogen-bond acceptors (Lipinski definition) is 4. The lowest BCUT2D eigenvalue weighted by Crippen LogP contribution is -2.54.